The number of rotatable bonds is 3. The molecular formula is C21H20Cl2N4O. The molecule has 1 aliphatic rings. The van der Waals surface area contributed by atoms with Crippen molar-refractivity contribution in [3.8, 4) is 11.3 Å². The summed E-state index contributed by atoms with van der Waals surface area (Å²) in [5, 5.41) is 3.81. The van der Waals surface area contributed by atoms with E-state index < -0.39 is 0 Å². The normalized spacial score (nSPS) is 15.7. The number of piperazine rings is 1. The van der Waals surface area contributed by atoms with Crippen LogP contribution in [0.2, 0.25) is 10.0 Å². The number of amides is 1. The van der Waals surface area contributed by atoms with Crippen molar-refractivity contribution >= 4 is 40.0 Å². The maximum Gasteiger partial charge on any atom is 0.266 e. The molecule has 1 amide bonds. The summed E-state index contributed by atoms with van der Waals surface area (Å²) >= 11 is 12.5. The zero-order chi connectivity index (χ0) is 19.7. The lowest BCUT2D eigenvalue weighted by Crippen LogP contribution is -2.52. The first-order valence-electron chi connectivity index (χ1n) is 9.11. The van der Waals surface area contributed by atoms with Gasteiger partial charge in [0.1, 0.15) is 0 Å². The van der Waals surface area contributed by atoms with Gasteiger partial charge in [-0.1, -0.05) is 47.5 Å². The molecule has 2 aromatic carbocycles. The highest BCUT2D eigenvalue weighted by Gasteiger charge is 2.20. The zero-order valence-electron chi connectivity index (χ0n) is 15.5. The minimum absolute atomic E-state index is 0.164. The van der Waals surface area contributed by atoms with Crippen LogP contribution in [0, 0.1) is 0 Å². The lowest BCUT2D eigenvalue weighted by atomic mass is 10.0. The van der Waals surface area contributed by atoms with Crippen molar-refractivity contribution in [2.24, 2.45) is 0 Å². The van der Waals surface area contributed by atoms with E-state index in [9.17, 15) is 4.79 Å². The molecule has 1 saturated heterocycles. The fraction of sp³-hybridized carbons (Fsp3) is 0.238. The molecule has 4 rings (SSSR count). The van der Waals surface area contributed by atoms with Gasteiger partial charge in [-0.05, 0) is 31.3 Å². The van der Waals surface area contributed by atoms with Crippen LogP contribution in [-0.4, -0.2) is 54.0 Å². The third-order valence-corrected chi connectivity index (χ3v) is 5.46. The van der Waals surface area contributed by atoms with E-state index in [0.29, 0.717) is 26.8 Å². The van der Waals surface area contributed by atoms with Crippen LogP contribution in [0.15, 0.2) is 48.5 Å². The van der Waals surface area contributed by atoms with Gasteiger partial charge >= 0.3 is 0 Å². The van der Waals surface area contributed by atoms with Crippen molar-refractivity contribution in [2.75, 3.05) is 33.2 Å². The Kier molecular flexibility index (Phi) is 5.51. The summed E-state index contributed by atoms with van der Waals surface area (Å²) in [6, 6.07) is 14.7. The molecular weight excluding hydrogens is 395 g/mol. The number of para-hydroxylation sites is 1. The standard InChI is InChI=1S/C21H20Cl2N4O/c1-26-8-10-27(11-9-26)25-21(28)17-13-19(14-4-2-5-15(22)12-14)24-20-16(17)6-3-7-18(20)23/h2-7,12-13H,8-11H2,1H3,(H,25,28). The molecule has 0 spiro atoms. The predicted molar refractivity (Wildman–Crippen MR) is 114 cm³/mol. The fourth-order valence-corrected chi connectivity index (χ4v) is 3.73. The third-order valence-electron chi connectivity index (χ3n) is 4.92. The molecule has 5 nitrogen and oxygen atoms in total. The van der Waals surface area contributed by atoms with E-state index >= 15 is 0 Å². The summed E-state index contributed by atoms with van der Waals surface area (Å²) in [4.78, 5) is 20.0. The zero-order valence-corrected chi connectivity index (χ0v) is 17.0. The number of benzene rings is 2. The Balaban J connectivity index is 1.75. The molecule has 28 heavy (non-hydrogen) atoms. The van der Waals surface area contributed by atoms with Gasteiger partial charge in [-0.15, -0.1) is 0 Å². The molecule has 1 fully saturated rings. The topological polar surface area (TPSA) is 48.5 Å². The van der Waals surface area contributed by atoms with Crippen LogP contribution in [0.1, 0.15) is 10.4 Å². The molecule has 0 unspecified atom stereocenters. The average molecular weight is 415 g/mol. The average Bonchev–Trinajstić information content (AvgIpc) is 2.69. The van der Waals surface area contributed by atoms with Gasteiger partial charge in [-0.3, -0.25) is 10.2 Å². The van der Waals surface area contributed by atoms with Gasteiger partial charge in [0.25, 0.3) is 5.91 Å². The number of carbonyl (C=O) groups excluding carboxylic acids is 1. The SMILES string of the molecule is CN1CCN(NC(=O)c2cc(-c3cccc(Cl)c3)nc3c(Cl)cccc23)CC1. The van der Waals surface area contributed by atoms with Crippen LogP contribution in [0.25, 0.3) is 22.2 Å². The van der Waals surface area contributed by atoms with Crippen molar-refractivity contribution in [1.29, 1.82) is 0 Å². The van der Waals surface area contributed by atoms with E-state index in [1.165, 1.54) is 0 Å². The Bertz CT molecular complexity index is 1030. The lowest BCUT2D eigenvalue weighted by molar-refractivity contribution is 0.0664. The Morgan fingerprint density at radius 3 is 2.54 bits per heavy atom. The molecule has 3 aromatic rings. The number of hydrazine groups is 1. The van der Waals surface area contributed by atoms with Crippen LogP contribution < -0.4 is 5.43 Å². The molecule has 1 N–H and O–H groups in total. The van der Waals surface area contributed by atoms with Crippen molar-refractivity contribution in [3.05, 3.63) is 64.1 Å². The van der Waals surface area contributed by atoms with E-state index in [1.54, 1.807) is 18.2 Å². The van der Waals surface area contributed by atoms with Crippen LogP contribution in [-0.2, 0) is 0 Å². The number of nitrogens with one attached hydrogen (secondary N) is 1. The van der Waals surface area contributed by atoms with E-state index in [-0.39, 0.29) is 5.91 Å². The van der Waals surface area contributed by atoms with Gasteiger partial charge in [-0.25, -0.2) is 9.99 Å². The van der Waals surface area contributed by atoms with Crippen molar-refractivity contribution in [2.45, 2.75) is 0 Å². The Labute approximate surface area is 173 Å². The van der Waals surface area contributed by atoms with Gasteiger partial charge in [0, 0.05) is 42.2 Å². The molecule has 0 radical (unpaired) electrons. The summed E-state index contributed by atoms with van der Waals surface area (Å²) < 4.78 is 0. The number of likely N-dealkylation sites (N-methyl/N-ethyl adjacent to an activating group) is 1. The van der Waals surface area contributed by atoms with Crippen LogP contribution in [0.5, 0.6) is 0 Å². The van der Waals surface area contributed by atoms with Gasteiger partial charge in [-0.2, -0.15) is 0 Å². The van der Waals surface area contributed by atoms with E-state index in [2.05, 4.69) is 17.4 Å². The quantitative estimate of drug-likeness (QED) is 0.700. The molecule has 144 valence electrons. The van der Waals surface area contributed by atoms with Crippen LogP contribution in [0.3, 0.4) is 0 Å². The summed E-state index contributed by atoms with van der Waals surface area (Å²) in [6.07, 6.45) is 0. The minimum Gasteiger partial charge on any atom is -0.304 e. The monoisotopic (exact) mass is 414 g/mol. The van der Waals surface area contributed by atoms with Crippen LogP contribution >= 0.6 is 23.2 Å². The highest BCUT2D eigenvalue weighted by Crippen LogP contribution is 2.30. The first-order chi connectivity index (χ1) is 13.5. The summed E-state index contributed by atoms with van der Waals surface area (Å²) in [6.45, 7) is 3.40. The third kappa shape index (κ3) is 3.98. The second-order valence-corrected chi connectivity index (χ2v) is 7.78. The van der Waals surface area contributed by atoms with Crippen molar-refractivity contribution < 1.29 is 4.79 Å². The van der Waals surface area contributed by atoms with Crippen molar-refractivity contribution in [3.63, 3.8) is 0 Å². The van der Waals surface area contributed by atoms with E-state index in [0.717, 1.165) is 37.1 Å². The van der Waals surface area contributed by atoms with Crippen LogP contribution in [0.4, 0.5) is 0 Å². The number of pyridine rings is 1. The Morgan fingerprint density at radius 1 is 1.04 bits per heavy atom. The highest BCUT2D eigenvalue weighted by molar-refractivity contribution is 6.35. The molecule has 1 aromatic heterocycles. The van der Waals surface area contributed by atoms with E-state index in [4.69, 9.17) is 28.2 Å². The minimum atomic E-state index is -0.164. The van der Waals surface area contributed by atoms with Gasteiger partial charge in [0.2, 0.25) is 0 Å². The molecule has 0 atom stereocenters. The molecule has 7 heteroatoms. The van der Waals surface area contributed by atoms with Gasteiger partial charge in [0.15, 0.2) is 0 Å². The lowest BCUT2D eigenvalue weighted by Gasteiger charge is -2.32. The van der Waals surface area contributed by atoms with E-state index in [1.807, 2.05) is 35.3 Å². The van der Waals surface area contributed by atoms with Crippen molar-refractivity contribution in [1.82, 2.24) is 20.3 Å². The number of carbonyl (C=O) groups is 1. The Hall–Kier alpha value is -2.18. The predicted octanol–water partition coefficient (Wildman–Crippen LogP) is 4.10. The molecule has 0 aliphatic carbocycles. The molecule has 1 aliphatic heterocycles. The largest absolute Gasteiger partial charge is 0.304 e. The summed E-state index contributed by atoms with van der Waals surface area (Å²) in [7, 11) is 2.08. The number of fused-ring (bicyclic) bond motifs is 1. The summed E-state index contributed by atoms with van der Waals surface area (Å²) in [5.41, 5.74) is 5.67. The second kappa shape index (κ2) is 8.05. The maximum absolute atomic E-state index is 13.1. The maximum atomic E-state index is 13.1. The Morgan fingerprint density at radius 2 is 1.79 bits per heavy atom. The number of nitrogens with zero attached hydrogens (tertiary/aromatic N) is 3. The highest BCUT2D eigenvalue weighted by atomic mass is 35.5. The number of aromatic nitrogens is 1. The number of halogens is 2. The van der Waals surface area contributed by atoms with Gasteiger partial charge in [0.05, 0.1) is 21.8 Å². The number of hydrogen-bond acceptors (Lipinski definition) is 4. The van der Waals surface area contributed by atoms with Gasteiger partial charge < -0.3 is 4.90 Å². The molecule has 2 heterocycles. The smallest absolute Gasteiger partial charge is 0.266 e. The first kappa shape index (κ1) is 19.2. The molecule has 0 saturated carbocycles. The fourth-order valence-electron chi connectivity index (χ4n) is 3.32. The first-order valence-corrected chi connectivity index (χ1v) is 9.86. The second-order valence-electron chi connectivity index (χ2n) is 6.93. The summed E-state index contributed by atoms with van der Waals surface area (Å²) in [5.74, 6) is -0.164. The number of hydrogen-bond donors (Lipinski definition) is 1. The molecule has 0 bridgehead atoms.